The van der Waals surface area contributed by atoms with Gasteiger partial charge < -0.3 is 5.73 Å². The fraction of sp³-hybridized carbons (Fsp3) is 0. The van der Waals surface area contributed by atoms with Gasteiger partial charge in [-0.2, -0.15) is 8.42 Å². The van der Waals surface area contributed by atoms with Gasteiger partial charge in [-0.3, -0.25) is 0 Å². The maximum atomic E-state index is 13.5. The lowest BCUT2D eigenvalue weighted by Gasteiger charge is -2.03. The van der Waals surface area contributed by atoms with Crippen LogP contribution in [0.1, 0.15) is 5.56 Å². The predicted octanol–water partition coefficient (Wildman–Crippen LogP) is 2.06. The zero-order valence-corrected chi connectivity index (χ0v) is 10.9. The molecule has 0 aromatic heterocycles. The Balaban J connectivity index is 2.46. The molecule has 0 aliphatic carbocycles. The van der Waals surface area contributed by atoms with Gasteiger partial charge in [-0.25, -0.2) is 8.78 Å². The fourth-order valence-electron chi connectivity index (χ4n) is 1.52. The van der Waals surface area contributed by atoms with E-state index >= 15 is 0 Å². The van der Waals surface area contributed by atoms with E-state index in [2.05, 4.69) is 4.40 Å². The SMILES string of the molecule is NC(=NS(=O)(=O)c1ccc(F)cc1F)c1ccccc1. The molecule has 0 atom stereocenters. The standard InChI is InChI=1S/C13H10F2N2O2S/c14-10-6-7-12(11(15)8-10)20(18,19)17-13(16)9-4-2-1-3-5-9/h1-8H,(H2,16,17). The van der Waals surface area contributed by atoms with Gasteiger partial charge in [0, 0.05) is 11.6 Å². The van der Waals surface area contributed by atoms with Crippen LogP contribution in [0.4, 0.5) is 8.78 Å². The lowest BCUT2D eigenvalue weighted by molar-refractivity contribution is 0.550. The van der Waals surface area contributed by atoms with Crippen molar-refractivity contribution in [2.24, 2.45) is 10.1 Å². The van der Waals surface area contributed by atoms with Gasteiger partial charge in [0.25, 0.3) is 10.0 Å². The number of rotatable bonds is 3. The predicted molar refractivity (Wildman–Crippen MR) is 70.7 cm³/mol. The Bertz CT molecular complexity index is 759. The van der Waals surface area contributed by atoms with E-state index in [1.165, 1.54) is 0 Å². The van der Waals surface area contributed by atoms with Gasteiger partial charge in [-0.05, 0) is 12.1 Å². The highest BCUT2D eigenvalue weighted by atomic mass is 32.2. The molecule has 4 nitrogen and oxygen atoms in total. The topological polar surface area (TPSA) is 72.5 Å². The van der Waals surface area contributed by atoms with E-state index in [0.717, 1.165) is 12.1 Å². The minimum absolute atomic E-state index is 0.269. The van der Waals surface area contributed by atoms with Crippen molar-refractivity contribution in [2.75, 3.05) is 0 Å². The van der Waals surface area contributed by atoms with Gasteiger partial charge in [0.15, 0.2) is 0 Å². The molecule has 0 fully saturated rings. The first-order chi connectivity index (χ1) is 9.40. The van der Waals surface area contributed by atoms with Crippen LogP contribution in [0.25, 0.3) is 0 Å². The van der Waals surface area contributed by atoms with Gasteiger partial charge >= 0.3 is 0 Å². The Morgan fingerprint density at radius 2 is 1.70 bits per heavy atom. The average molecular weight is 296 g/mol. The molecule has 0 amide bonds. The van der Waals surface area contributed by atoms with Crippen molar-refractivity contribution in [1.82, 2.24) is 0 Å². The zero-order valence-electron chi connectivity index (χ0n) is 10.1. The van der Waals surface area contributed by atoms with Gasteiger partial charge in [-0.1, -0.05) is 30.3 Å². The molecule has 2 aromatic carbocycles. The molecule has 0 aliphatic rings. The van der Waals surface area contributed by atoms with Crippen LogP contribution < -0.4 is 5.73 Å². The smallest absolute Gasteiger partial charge is 0.287 e. The fourth-order valence-corrected chi connectivity index (χ4v) is 2.53. The molecular formula is C13H10F2N2O2S. The second-order valence-electron chi connectivity index (χ2n) is 3.89. The van der Waals surface area contributed by atoms with E-state index < -0.39 is 26.6 Å². The summed E-state index contributed by atoms with van der Waals surface area (Å²) in [4.78, 5) is -0.724. The molecule has 2 N–H and O–H groups in total. The summed E-state index contributed by atoms with van der Waals surface area (Å²) in [6, 6.07) is 10.3. The summed E-state index contributed by atoms with van der Waals surface area (Å²) in [5, 5.41) is 0. The van der Waals surface area contributed by atoms with E-state index in [1.54, 1.807) is 30.3 Å². The van der Waals surface area contributed by atoms with Crippen LogP contribution in [0, 0.1) is 11.6 Å². The molecule has 0 bridgehead atoms. The van der Waals surface area contributed by atoms with E-state index in [4.69, 9.17) is 5.73 Å². The minimum atomic E-state index is -4.33. The van der Waals surface area contributed by atoms with E-state index in [-0.39, 0.29) is 5.84 Å². The summed E-state index contributed by atoms with van der Waals surface area (Å²) in [5.41, 5.74) is 5.96. The Labute approximate surface area is 114 Å². The maximum Gasteiger partial charge on any atom is 0.287 e. The van der Waals surface area contributed by atoms with Crippen molar-refractivity contribution in [3.05, 3.63) is 65.7 Å². The molecular weight excluding hydrogens is 286 g/mol. The van der Waals surface area contributed by atoms with E-state index in [9.17, 15) is 17.2 Å². The second-order valence-corrected chi connectivity index (χ2v) is 5.46. The van der Waals surface area contributed by atoms with E-state index in [0.29, 0.717) is 11.6 Å². The molecule has 104 valence electrons. The van der Waals surface area contributed by atoms with Crippen LogP contribution in [0.2, 0.25) is 0 Å². The number of hydrogen-bond acceptors (Lipinski definition) is 2. The van der Waals surface area contributed by atoms with Gasteiger partial charge in [0.2, 0.25) is 0 Å². The van der Waals surface area contributed by atoms with Crippen LogP contribution in [0.5, 0.6) is 0 Å². The van der Waals surface area contributed by atoms with Gasteiger partial charge in [0.1, 0.15) is 22.4 Å². The third-order valence-corrected chi connectivity index (χ3v) is 3.78. The maximum absolute atomic E-state index is 13.5. The zero-order chi connectivity index (χ0) is 14.8. The van der Waals surface area contributed by atoms with Gasteiger partial charge in [-0.15, -0.1) is 4.40 Å². The summed E-state index contributed by atoms with van der Waals surface area (Å²) in [5.74, 6) is -2.36. The van der Waals surface area contributed by atoms with Crippen molar-refractivity contribution in [3.8, 4) is 0 Å². The Kier molecular flexibility index (Phi) is 3.80. The number of hydrogen-bond donors (Lipinski definition) is 1. The molecule has 0 saturated heterocycles. The first kappa shape index (κ1) is 14.1. The number of nitrogens with zero attached hydrogens (tertiary/aromatic N) is 1. The summed E-state index contributed by atoms with van der Waals surface area (Å²) in [7, 11) is -4.33. The van der Waals surface area contributed by atoms with Crippen molar-refractivity contribution in [1.29, 1.82) is 0 Å². The highest BCUT2D eigenvalue weighted by Crippen LogP contribution is 2.18. The third kappa shape index (κ3) is 3.00. The Hall–Kier alpha value is -2.28. The first-order valence-electron chi connectivity index (χ1n) is 5.51. The molecule has 2 aromatic rings. The first-order valence-corrected chi connectivity index (χ1v) is 6.95. The summed E-state index contributed by atoms with van der Waals surface area (Å²) in [6.07, 6.45) is 0. The van der Waals surface area contributed by atoms with Crippen molar-refractivity contribution in [2.45, 2.75) is 4.90 Å². The molecule has 20 heavy (non-hydrogen) atoms. The molecule has 0 heterocycles. The highest BCUT2D eigenvalue weighted by Gasteiger charge is 2.19. The normalized spacial score (nSPS) is 12.4. The van der Waals surface area contributed by atoms with Crippen LogP contribution in [-0.2, 0) is 10.0 Å². The van der Waals surface area contributed by atoms with Crippen molar-refractivity contribution >= 4 is 15.9 Å². The highest BCUT2D eigenvalue weighted by molar-refractivity contribution is 7.90. The summed E-state index contributed by atoms with van der Waals surface area (Å²) < 4.78 is 53.4. The summed E-state index contributed by atoms with van der Waals surface area (Å²) >= 11 is 0. The summed E-state index contributed by atoms with van der Waals surface area (Å²) in [6.45, 7) is 0. The van der Waals surface area contributed by atoms with Crippen LogP contribution in [0.3, 0.4) is 0 Å². The van der Waals surface area contributed by atoms with Crippen molar-refractivity contribution in [3.63, 3.8) is 0 Å². The monoisotopic (exact) mass is 296 g/mol. The molecule has 0 spiro atoms. The number of nitrogens with two attached hydrogens (primary N) is 1. The van der Waals surface area contributed by atoms with Crippen LogP contribution in [0.15, 0.2) is 57.8 Å². The van der Waals surface area contributed by atoms with Crippen LogP contribution in [-0.4, -0.2) is 14.3 Å². The molecule has 2 rings (SSSR count). The largest absolute Gasteiger partial charge is 0.383 e. The second kappa shape index (κ2) is 5.38. The molecule has 0 radical (unpaired) electrons. The minimum Gasteiger partial charge on any atom is -0.383 e. The molecule has 0 saturated carbocycles. The molecule has 7 heteroatoms. The average Bonchev–Trinajstić information content (AvgIpc) is 2.38. The lowest BCUT2D eigenvalue weighted by atomic mass is 10.2. The number of benzene rings is 2. The van der Waals surface area contributed by atoms with Gasteiger partial charge in [0.05, 0.1) is 0 Å². The number of amidine groups is 1. The molecule has 0 unspecified atom stereocenters. The number of sulfonamides is 1. The molecule has 0 aliphatic heterocycles. The lowest BCUT2D eigenvalue weighted by Crippen LogP contribution is -2.16. The number of halogens is 2. The Morgan fingerprint density at radius 3 is 2.30 bits per heavy atom. The van der Waals surface area contributed by atoms with Crippen molar-refractivity contribution < 1.29 is 17.2 Å². The quantitative estimate of drug-likeness (QED) is 0.696. The van der Waals surface area contributed by atoms with E-state index in [1.807, 2.05) is 0 Å². The Morgan fingerprint density at radius 1 is 1.05 bits per heavy atom. The van der Waals surface area contributed by atoms with Crippen LogP contribution >= 0.6 is 0 Å². The third-order valence-electron chi connectivity index (χ3n) is 2.46.